The largest absolute Gasteiger partial charge is 0.481 e. The first-order chi connectivity index (χ1) is 20.0. The highest BCUT2D eigenvalue weighted by molar-refractivity contribution is 5.69. The molecule has 6 nitrogen and oxygen atoms in total. The molecule has 0 aromatic rings. The third kappa shape index (κ3) is 38.9. The van der Waals surface area contributed by atoms with Crippen molar-refractivity contribution in [3.63, 3.8) is 0 Å². The van der Waals surface area contributed by atoms with Gasteiger partial charge in [-0.05, 0) is 12.8 Å². The molecule has 0 spiro atoms. The smallest absolute Gasteiger partial charge is 0.306 e. The fourth-order valence-corrected chi connectivity index (χ4v) is 4.96. The van der Waals surface area contributed by atoms with Gasteiger partial charge in [-0.25, -0.2) is 0 Å². The van der Waals surface area contributed by atoms with Crippen molar-refractivity contribution >= 4 is 11.9 Å². The lowest BCUT2D eigenvalue weighted by Gasteiger charge is -2.12. The molecular weight excluding hydrogens is 516 g/mol. The van der Waals surface area contributed by atoms with Gasteiger partial charge >= 0.3 is 11.9 Å². The molecule has 0 bridgehead atoms. The second-order valence-corrected chi connectivity index (χ2v) is 11.9. The number of hydrogen-bond donors (Lipinski definition) is 3. The van der Waals surface area contributed by atoms with Crippen molar-refractivity contribution < 1.29 is 29.6 Å². The van der Waals surface area contributed by atoms with Gasteiger partial charge in [0.1, 0.15) is 6.10 Å². The maximum Gasteiger partial charge on any atom is 0.306 e. The molecule has 0 fully saturated rings. The van der Waals surface area contributed by atoms with Crippen LogP contribution in [0.5, 0.6) is 0 Å². The number of aliphatic carboxylic acids is 1. The highest BCUT2D eigenvalue weighted by Crippen LogP contribution is 2.14. The van der Waals surface area contributed by atoms with E-state index in [0.717, 1.165) is 25.7 Å². The van der Waals surface area contributed by atoms with Crippen molar-refractivity contribution in [2.75, 3.05) is 13.2 Å². The Morgan fingerprint density at radius 2 is 0.732 bits per heavy atom. The number of hydrogen-bond acceptors (Lipinski definition) is 5. The summed E-state index contributed by atoms with van der Waals surface area (Å²) in [7, 11) is 0. The van der Waals surface area contributed by atoms with E-state index < -0.39 is 12.1 Å². The van der Waals surface area contributed by atoms with E-state index in [-0.39, 0.29) is 19.2 Å². The Morgan fingerprint density at radius 1 is 0.463 bits per heavy atom. The third-order valence-corrected chi connectivity index (χ3v) is 7.68. The van der Waals surface area contributed by atoms with Crippen molar-refractivity contribution in [3.8, 4) is 0 Å². The van der Waals surface area contributed by atoms with E-state index in [9.17, 15) is 9.59 Å². The van der Waals surface area contributed by atoms with Gasteiger partial charge in [0.15, 0.2) is 0 Å². The Hall–Kier alpha value is -1.14. The van der Waals surface area contributed by atoms with E-state index >= 15 is 0 Å². The zero-order valence-corrected chi connectivity index (χ0v) is 27.4. The van der Waals surface area contributed by atoms with Crippen LogP contribution >= 0.6 is 0 Å². The van der Waals surface area contributed by atoms with Crippen LogP contribution in [0.2, 0.25) is 0 Å². The average molecular weight is 587 g/mol. The molecule has 0 aromatic heterocycles. The highest BCUT2D eigenvalue weighted by atomic mass is 16.6. The SMILES string of the molecule is CCCCCCCCCCCCCCCC(=O)O.CCCCCCCCCCCCCCCC(=O)OC(CO)CO. The first-order valence-electron chi connectivity index (χ1n) is 17.6. The molecule has 0 saturated heterocycles. The molecule has 0 rings (SSSR count). The van der Waals surface area contributed by atoms with Crippen molar-refractivity contribution in [1.82, 2.24) is 0 Å². The van der Waals surface area contributed by atoms with Gasteiger partial charge in [0, 0.05) is 12.8 Å². The van der Waals surface area contributed by atoms with E-state index in [1.54, 1.807) is 0 Å². The second kappa shape index (κ2) is 36.9. The minimum Gasteiger partial charge on any atom is -0.481 e. The van der Waals surface area contributed by atoms with Crippen molar-refractivity contribution in [1.29, 1.82) is 0 Å². The van der Waals surface area contributed by atoms with Gasteiger partial charge in [0.2, 0.25) is 0 Å². The van der Waals surface area contributed by atoms with Crippen LogP contribution in [0.25, 0.3) is 0 Å². The number of carbonyl (C=O) groups excluding carboxylic acids is 1. The summed E-state index contributed by atoms with van der Waals surface area (Å²) in [6, 6.07) is 0. The Bertz CT molecular complexity index is 521. The molecule has 0 unspecified atom stereocenters. The summed E-state index contributed by atoms with van der Waals surface area (Å²) in [4.78, 5) is 21.7. The van der Waals surface area contributed by atoms with Gasteiger partial charge in [0.25, 0.3) is 0 Å². The number of carboxylic acids is 1. The molecule has 3 N–H and O–H groups in total. The molecule has 0 aliphatic heterocycles. The second-order valence-electron chi connectivity index (χ2n) is 11.9. The first kappa shape index (κ1) is 42.0. The highest BCUT2D eigenvalue weighted by Gasteiger charge is 2.11. The predicted molar refractivity (Wildman–Crippen MR) is 172 cm³/mol. The van der Waals surface area contributed by atoms with Crippen molar-refractivity contribution in [2.45, 2.75) is 200 Å². The molecule has 6 heteroatoms. The number of rotatable bonds is 31. The molecule has 0 aliphatic rings. The zero-order chi connectivity index (χ0) is 30.7. The number of aliphatic hydroxyl groups excluding tert-OH is 2. The number of ether oxygens (including phenoxy) is 1. The van der Waals surface area contributed by atoms with Crippen LogP contribution in [0.1, 0.15) is 194 Å². The fourth-order valence-electron chi connectivity index (χ4n) is 4.96. The summed E-state index contributed by atoms with van der Waals surface area (Å²) < 4.78 is 4.92. The monoisotopic (exact) mass is 587 g/mol. The molecule has 0 saturated carbocycles. The quantitative estimate of drug-likeness (QED) is 0.0551. The Labute approximate surface area is 254 Å². The van der Waals surface area contributed by atoms with Gasteiger partial charge in [-0.15, -0.1) is 0 Å². The van der Waals surface area contributed by atoms with Crippen LogP contribution in [0.3, 0.4) is 0 Å². The van der Waals surface area contributed by atoms with E-state index in [0.29, 0.717) is 12.8 Å². The number of unbranched alkanes of at least 4 members (excludes halogenated alkanes) is 24. The lowest BCUT2D eigenvalue weighted by molar-refractivity contribution is -0.153. The number of carbonyl (C=O) groups is 2. The van der Waals surface area contributed by atoms with Crippen LogP contribution in [0, 0.1) is 0 Å². The van der Waals surface area contributed by atoms with E-state index in [1.165, 1.54) is 141 Å². The fraction of sp³-hybridized carbons (Fsp3) is 0.943. The maximum absolute atomic E-state index is 11.4. The normalized spacial score (nSPS) is 11.0. The van der Waals surface area contributed by atoms with Gasteiger partial charge in [-0.2, -0.15) is 0 Å². The molecule has 0 atom stereocenters. The summed E-state index contributed by atoms with van der Waals surface area (Å²) in [5.41, 5.74) is 0. The molecule has 0 amide bonds. The minimum absolute atomic E-state index is 0.318. The Kier molecular flexibility index (Phi) is 37.8. The van der Waals surface area contributed by atoms with Gasteiger partial charge in [0.05, 0.1) is 13.2 Å². The van der Waals surface area contributed by atoms with Gasteiger partial charge < -0.3 is 20.1 Å². The van der Waals surface area contributed by atoms with Gasteiger partial charge in [-0.3, -0.25) is 9.59 Å². The summed E-state index contributed by atoms with van der Waals surface area (Å²) >= 11 is 0. The predicted octanol–water partition coefficient (Wildman–Crippen LogP) is 9.92. The molecule has 0 heterocycles. The molecule has 41 heavy (non-hydrogen) atoms. The van der Waals surface area contributed by atoms with E-state index in [2.05, 4.69) is 13.8 Å². The molecule has 0 aliphatic carbocycles. The number of carboxylic acid groups (broad SMARTS) is 1. The molecular formula is C35H70O6. The van der Waals surface area contributed by atoms with Crippen molar-refractivity contribution in [2.24, 2.45) is 0 Å². The summed E-state index contributed by atoms with van der Waals surface area (Å²) in [5, 5.41) is 26.1. The van der Waals surface area contributed by atoms with Crippen LogP contribution in [0.4, 0.5) is 0 Å². The lowest BCUT2D eigenvalue weighted by Crippen LogP contribution is -2.25. The topological polar surface area (TPSA) is 104 Å². The van der Waals surface area contributed by atoms with Crippen molar-refractivity contribution in [3.05, 3.63) is 0 Å². The average Bonchev–Trinajstić information content (AvgIpc) is 2.96. The maximum atomic E-state index is 11.4. The number of aliphatic hydroxyl groups is 2. The summed E-state index contributed by atoms with van der Waals surface area (Å²) in [6.45, 7) is 3.88. The standard InChI is InChI=1S/C19H38O4.C16H32O2/c1-2-3-4-5-6-7-8-9-10-11-12-13-14-15-19(22)23-18(16-20)17-21;1-2-3-4-5-6-7-8-9-10-11-12-13-14-15-16(17)18/h18,20-21H,2-17H2,1H3;2-15H2,1H3,(H,17,18). The van der Waals surface area contributed by atoms with Crippen LogP contribution < -0.4 is 0 Å². The molecule has 0 aromatic carbocycles. The van der Waals surface area contributed by atoms with Crippen LogP contribution in [-0.2, 0) is 14.3 Å². The van der Waals surface area contributed by atoms with Crippen LogP contribution in [0.15, 0.2) is 0 Å². The Balaban J connectivity index is 0. The minimum atomic E-state index is -0.760. The third-order valence-electron chi connectivity index (χ3n) is 7.68. The van der Waals surface area contributed by atoms with Gasteiger partial charge in [-0.1, -0.05) is 168 Å². The first-order valence-corrected chi connectivity index (χ1v) is 17.6. The molecule has 0 radical (unpaired) electrons. The van der Waals surface area contributed by atoms with Crippen LogP contribution in [-0.4, -0.2) is 46.6 Å². The summed E-state index contributed by atoms with van der Waals surface area (Å²) in [5.74, 6) is -0.973. The lowest BCUT2D eigenvalue weighted by atomic mass is 10.0. The molecule has 246 valence electrons. The van der Waals surface area contributed by atoms with E-state index in [1.807, 2.05) is 0 Å². The number of esters is 1. The van der Waals surface area contributed by atoms with E-state index in [4.69, 9.17) is 20.1 Å². The Morgan fingerprint density at radius 3 is 1.00 bits per heavy atom. The summed E-state index contributed by atoms with van der Waals surface area (Å²) in [6.07, 6.45) is 33.5. The zero-order valence-electron chi connectivity index (χ0n) is 27.4.